The van der Waals surface area contributed by atoms with Crippen LogP contribution in [-0.4, -0.2) is 97.9 Å². The van der Waals surface area contributed by atoms with Crippen molar-refractivity contribution in [2.45, 2.75) is 39.3 Å². The molecule has 0 aromatic heterocycles. The lowest BCUT2D eigenvalue weighted by atomic mass is 10.1. The van der Waals surface area contributed by atoms with E-state index in [4.69, 9.17) is 4.99 Å². The van der Waals surface area contributed by atoms with E-state index in [-0.39, 0.29) is 35.7 Å². The van der Waals surface area contributed by atoms with Crippen molar-refractivity contribution < 1.29 is 9.18 Å². The zero-order valence-electron chi connectivity index (χ0n) is 20.4. The van der Waals surface area contributed by atoms with E-state index >= 15 is 0 Å². The first-order valence-electron chi connectivity index (χ1n) is 11.9. The Hall–Kier alpha value is -1.46. The molecule has 2 saturated heterocycles. The number of hydrogen-bond donors (Lipinski definition) is 1. The zero-order chi connectivity index (χ0) is 22.9. The summed E-state index contributed by atoms with van der Waals surface area (Å²) in [7, 11) is 3.88. The molecule has 2 aliphatic heterocycles. The van der Waals surface area contributed by atoms with Crippen molar-refractivity contribution in [3.8, 4) is 0 Å². The number of aliphatic imine (C=N–C) groups is 1. The SMILES string of the molecule is CCNC(=NCc1ccc(F)c(CN(C)C)c1)N1CCN(CC(=O)N2CCCCC2)CC1.I. The third-order valence-electron chi connectivity index (χ3n) is 6.08. The van der Waals surface area contributed by atoms with E-state index in [1.165, 1.54) is 12.5 Å². The lowest BCUT2D eigenvalue weighted by Gasteiger charge is -2.37. The Labute approximate surface area is 215 Å². The topological polar surface area (TPSA) is 54.4 Å². The smallest absolute Gasteiger partial charge is 0.236 e. The highest BCUT2D eigenvalue weighted by Gasteiger charge is 2.24. The molecule has 7 nitrogen and oxygen atoms in total. The first-order chi connectivity index (χ1) is 15.5. The van der Waals surface area contributed by atoms with Crippen LogP contribution in [0.3, 0.4) is 0 Å². The lowest BCUT2D eigenvalue weighted by Crippen LogP contribution is -2.54. The fourth-order valence-electron chi connectivity index (χ4n) is 4.33. The van der Waals surface area contributed by atoms with Crippen molar-refractivity contribution in [1.29, 1.82) is 0 Å². The number of piperidine rings is 1. The average Bonchev–Trinajstić information content (AvgIpc) is 2.79. The number of nitrogens with one attached hydrogen (secondary N) is 1. The number of guanidine groups is 1. The summed E-state index contributed by atoms with van der Waals surface area (Å²) in [6.45, 7) is 9.68. The Morgan fingerprint density at radius 2 is 1.76 bits per heavy atom. The molecule has 0 aliphatic carbocycles. The molecule has 1 N–H and O–H groups in total. The summed E-state index contributed by atoms with van der Waals surface area (Å²) in [5.41, 5.74) is 1.70. The van der Waals surface area contributed by atoms with Crippen molar-refractivity contribution >= 4 is 35.8 Å². The highest BCUT2D eigenvalue weighted by atomic mass is 127. The maximum Gasteiger partial charge on any atom is 0.236 e. The number of likely N-dealkylation sites (tertiary alicyclic amines) is 1. The molecule has 0 unspecified atom stereocenters. The van der Waals surface area contributed by atoms with Crippen LogP contribution >= 0.6 is 24.0 Å². The van der Waals surface area contributed by atoms with Gasteiger partial charge in [0.1, 0.15) is 5.82 Å². The predicted molar refractivity (Wildman–Crippen MR) is 142 cm³/mol. The number of amides is 1. The molecule has 2 heterocycles. The fraction of sp³-hybridized carbons (Fsp3) is 0.667. The highest BCUT2D eigenvalue weighted by Crippen LogP contribution is 2.14. The minimum atomic E-state index is -0.173. The first-order valence-corrected chi connectivity index (χ1v) is 11.9. The van der Waals surface area contributed by atoms with Crippen LogP contribution in [0.15, 0.2) is 23.2 Å². The van der Waals surface area contributed by atoms with Gasteiger partial charge in [-0.05, 0) is 58.0 Å². The fourth-order valence-corrected chi connectivity index (χ4v) is 4.33. The van der Waals surface area contributed by atoms with Crippen LogP contribution in [0.2, 0.25) is 0 Å². The van der Waals surface area contributed by atoms with Crippen LogP contribution in [0.25, 0.3) is 0 Å². The Kier molecular flexibility index (Phi) is 11.8. The van der Waals surface area contributed by atoms with Crippen LogP contribution in [-0.2, 0) is 17.9 Å². The molecule has 33 heavy (non-hydrogen) atoms. The number of halogens is 2. The molecule has 0 atom stereocenters. The number of hydrogen-bond acceptors (Lipinski definition) is 4. The maximum absolute atomic E-state index is 14.1. The minimum absolute atomic E-state index is 0. The summed E-state index contributed by atoms with van der Waals surface area (Å²) in [6.07, 6.45) is 3.50. The Morgan fingerprint density at radius 3 is 2.39 bits per heavy atom. The molecule has 1 amide bonds. The van der Waals surface area contributed by atoms with Gasteiger partial charge in [-0.3, -0.25) is 9.69 Å². The van der Waals surface area contributed by atoms with Gasteiger partial charge < -0.3 is 20.0 Å². The Bertz CT molecular complexity index is 776. The Balaban J connectivity index is 0.00000385. The molecule has 0 radical (unpaired) electrons. The molecular weight excluding hydrogens is 534 g/mol. The van der Waals surface area contributed by atoms with E-state index < -0.39 is 0 Å². The molecule has 186 valence electrons. The molecule has 0 spiro atoms. The predicted octanol–water partition coefficient (Wildman–Crippen LogP) is 2.60. The standard InChI is InChI=1S/C24H39FN6O.HI/c1-4-26-24(27-17-20-8-9-22(25)21(16-20)18-28(2)3)31-14-12-29(13-15-31)19-23(32)30-10-6-5-7-11-30;/h8-9,16H,4-7,10-15,17-19H2,1-3H3,(H,26,27);1H. The van der Waals surface area contributed by atoms with Crippen LogP contribution in [0, 0.1) is 5.82 Å². The zero-order valence-corrected chi connectivity index (χ0v) is 22.7. The summed E-state index contributed by atoms with van der Waals surface area (Å²) in [5, 5.41) is 3.39. The average molecular weight is 575 g/mol. The first kappa shape index (κ1) is 27.8. The Morgan fingerprint density at radius 1 is 1.06 bits per heavy atom. The summed E-state index contributed by atoms with van der Waals surface area (Å²) in [5.74, 6) is 0.977. The van der Waals surface area contributed by atoms with Crippen LogP contribution in [0.5, 0.6) is 0 Å². The third-order valence-corrected chi connectivity index (χ3v) is 6.08. The third kappa shape index (κ3) is 8.68. The van der Waals surface area contributed by atoms with Gasteiger partial charge in [-0.2, -0.15) is 0 Å². The maximum atomic E-state index is 14.1. The highest BCUT2D eigenvalue weighted by molar-refractivity contribution is 14.0. The lowest BCUT2D eigenvalue weighted by molar-refractivity contribution is -0.133. The van der Waals surface area contributed by atoms with Crippen LogP contribution in [0.1, 0.15) is 37.3 Å². The van der Waals surface area contributed by atoms with Gasteiger partial charge >= 0.3 is 0 Å². The molecule has 1 aromatic rings. The molecular formula is C24H40FIN6O. The van der Waals surface area contributed by atoms with Gasteiger partial charge in [-0.25, -0.2) is 9.38 Å². The monoisotopic (exact) mass is 574 g/mol. The van der Waals surface area contributed by atoms with Gasteiger partial charge in [-0.15, -0.1) is 24.0 Å². The van der Waals surface area contributed by atoms with E-state index in [9.17, 15) is 9.18 Å². The molecule has 9 heteroatoms. The number of carbonyl (C=O) groups excluding carboxylic acids is 1. The van der Waals surface area contributed by atoms with Crippen molar-refractivity contribution in [3.63, 3.8) is 0 Å². The van der Waals surface area contributed by atoms with E-state index in [1.807, 2.05) is 36.0 Å². The number of nitrogens with zero attached hydrogens (tertiary/aromatic N) is 5. The van der Waals surface area contributed by atoms with Gasteiger partial charge in [0.15, 0.2) is 5.96 Å². The molecule has 2 aliphatic rings. The molecule has 0 bridgehead atoms. The van der Waals surface area contributed by atoms with E-state index in [1.54, 1.807) is 0 Å². The summed E-state index contributed by atoms with van der Waals surface area (Å²) in [4.78, 5) is 25.9. The van der Waals surface area contributed by atoms with Gasteiger partial charge in [0.25, 0.3) is 0 Å². The normalized spacial score (nSPS) is 17.8. The number of rotatable bonds is 7. The largest absolute Gasteiger partial charge is 0.357 e. The quantitative estimate of drug-likeness (QED) is 0.309. The second-order valence-electron chi connectivity index (χ2n) is 9.04. The summed E-state index contributed by atoms with van der Waals surface area (Å²) >= 11 is 0. The second kappa shape index (κ2) is 14.1. The van der Waals surface area contributed by atoms with Crippen molar-refractivity contribution in [1.82, 2.24) is 24.9 Å². The van der Waals surface area contributed by atoms with Gasteiger partial charge in [-0.1, -0.05) is 6.07 Å². The molecule has 3 rings (SSSR count). The van der Waals surface area contributed by atoms with E-state index in [0.29, 0.717) is 25.2 Å². The molecule has 0 saturated carbocycles. The van der Waals surface area contributed by atoms with Crippen molar-refractivity contribution in [2.75, 3.05) is 66.5 Å². The molecule has 2 fully saturated rings. The summed E-state index contributed by atoms with van der Waals surface area (Å²) < 4.78 is 14.1. The second-order valence-corrected chi connectivity index (χ2v) is 9.04. The van der Waals surface area contributed by atoms with Gasteiger partial charge in [0.2, 0.25) is 5.91 Å². The number of carbonyl (C=O) groups is 1. The minimum Gasteiger partial charge on any atom is -0.357 e. The van der Waals surface area contributed by atoms with Crippen LogP contribution in [0.4, 0.5) is 4.39 Å². The number of benzene rings is 1. The van der Waals surface area contributed by atoms with Crippen molar-refractivity contribution in [2.24, 2.45) is 4.99 Å². The van der Waals surface area contributed by atoms with Gasteiger partial charge in [0.05, 0.1) is 13.1 Å². The van der Waals surface area contributed by atoms with E-state index in [2.05, 4.69) is 22.0 Å². The van der Waals surface area contributed by atoms with E-state index in [0.717, 1.165) is 70.2 Å². The molecule has 1 aromatic carbocycles. The number of piperazine rings is 1. The van der Waals surface area contributed by atoms with Crippen molar-refractivity contribution in [3.05, 3.63) is 35.1 Å². The summed E-state index contributed by atoms with van der Waals surface area (Å²) in [6, 6.07) is 5.26. The van der Waals surface area contributed by atoms with Gasteiger partial charge in [0, 0.05) is 57.9 Å². The van der Waals surface area contributed by atoms with Crippen LogP contribution < -0.4 is 5.32 Å².